The Morgan fingerprint density at radius 3 is 1.20 bits per heavy atom. The molecule has 0 unspecified atom stereocenters. The quantitative estimate of drug-likeness (QED) is 0.186. The van der Waals surface area contributed by atoms with Crippen LogP contribution in [-0.2, 0) is 5.41 Å². The van der Waals surface area contributed by atoms with Crippen molar-refractivity contribution in [1.82, 2.24) is 4.98 Å². The van der Waals surface area contributed by atoms with Crippen LogP contribution in [0.3, 0.4) is 0 Å². The van der Waals surface area contributed by atoms with Crippen LogP contribution in [0.15, 0.2) is 30.3 Å². The fraction of sp³-hybridized carbons (Fsp3) is 0.341. The fourth-order valence-corrected chi connectivity index (χ4v) is 8.87. The Hall–Kier alpha value is -3.97. The molecule has 7 rings (SSSR count). The summed E-state index contributed by atoms with van der Waals surface area (Å²) >= 11 is 0. The second-order valence-corrected chi connectivity index (χ2v) is 14.5. The molecule has 0 saturated heterocycles. The van der Waals surface area contributed by atoms with Gasteiger partial charge in [-0.25, -0.2) is 0 Å². The van der Waals surface area contributed by atoms with Crippen molar-refractivity contribution in [2.75, 3.05) is 0 Å². The van der Waals surface area contributed by atoms with Gasteiger partial charge in [-0.3, -0.25) is 4.98 Å². The summed E-state index contributed by atoms with van der Waals surface area (Å²) in [6.07, 6.45) is 0. The van der Waals surface area contributed by atoms with E-state index in [1.165, 1.54) is 122 Å². The van der Waals surface area contributed by atoms with Crippen LogP contribution < -0.4 is 0 Å². The van der Waals surface area contributed by atoms with Crippen molar-refractivity contribution in [1.29, 1.82) is 0 Å². The molecule has 0 aliphatic heterocycles. The van der Waals surface area contributed by atoms with Crippen LogP contribution in [-0.4, -0.2) is 4.98 Å². The summed E-state index contributed by atoms with van der Waals surface area (Å²) < 4.78 is 0. The number of aromatic nitrogens is 1. The summed E-state index contributed by atoms with van der Waals surface area (Å²) in [5.74, 6) is 0. The van der Waals surface area contributed by atoms with Crippen molar-refractivity contribution in [3.05, 3.63) is 131 Å². The predicted molar refractivity (Wildman–Crippen MR) is 192 cm³/mol. The first-order valence-corrected chi connectivity index (χ1v) is 16.6. The van der Waals surface area contributed by atoms with Crippen LogP contribution in [0.5, 0.6) is 0 Å². The van der Waals surface area contributed by atoms with E-state index >= 15 is 0 Å². The Bertz CT molecular complexity index is 2120. The minimum absolute atomic E-state index is 0.394. The molecule has 0 atom stereocenters. The van der Waals surface area contributed by atoms with Crippen LogP contribution in [0, 0.1) is 96.9 Å². The summed E-state index contributed by atoms with van der Waals surface area (Å²) in [6.45, 7) is 32.1. The summed E-state index contributed by atoms with van der Waals surface area (Å²) in [7, 11) is 0. The molecule has 0 N–H and O–H groups in total. The molecule has 228 valence electrons. The predicted octanol–water partition coefficient (Wildman–Crippen LogP) is 11.4. The van der Waals surface area contributed by atoms with Gasteiger partial charge in [-0.05, 0) is 226 Å². The normalized spacial score (nSPS) is 13.7. The number of hydrogen-bond donors (Lipinski definition) is 0. The second-order valence-electron chi connectivity index (χ2n) is 14.5. The molecule has 1 aromatic heterocycles. The van der Waals surface area contributed by atoms with E-state index < -0.39 is 5.41 Å². The van der Waals surface area contributed by atoms with Gasteiger partial charge in [0.05, 0.1) is 11.1 Å². The van der Waals surface area contributed by atoms with E-state index in [0.29, 0.717) is 0 Å². The minimum Gasteiger partial charge on any atom is -0.253 e. The molecule has 0 bridgehead atoms. The molecule has 1 spiro atoms. The lowest BCUT2D eigenvalue weighted by atomic mass is 9.68. The topological polar surface area (TPSA) is 12.9 Å². The van der Waals surface area contributed by atoms with E-state index in [9.17, 15) is 0 Å². The van der Waals surface area contributed by atoms with Gasteiger partial charge in [0.1, 0.15) is 0 Å². The minimum atomic E-state index is -0.394. The van der Waals surface area contributed by atoms with Crippen LogP contribution in [0.25, 0.3) is 33.5 Å². The highest BCUT2D eigenvalue weighted by atomic mass is 14.7. The van der Waals surface area contributed by atoms with Crippen molar-refractivity contribution in [3.63, 3.8) is 0 Å². The smallest absolute Gasteiger partial charge is 0.0737 e. The molecular formula is C44H47N. The van der Waals surface area contributed by atoms with E-state index in [4.69, 9.17) is 4.98 Å². The molecule has 4 aromatic carbocycles. The van der Waals surface area contributed by atoms with E-state index in [2.05, 4.69) is 127 Å². The molecule has 1 heteroatoms. The van der Waals surface area contributed by atoms with Crippen LogP contribution in [0.2, 0.25) is 0 Å². The summed E-state index contributed by atoms with van der Waals surface area (Å²) in [6, 6.07) is 12.6. The molecule has 2 aliphatic carbocycles. The Morgan fingerprint density at radius 2 is 0.756 bits per heavy atom. The standard InChI is InChI=1S/C44H47N/c1-20-16-35-40(29(10)24(20)5)39-23(4)15-34(43-32(13)27(8)28(9)33(14)45-43)19-38(39)44(35)36-17-21(2)25(6)30(11)41(36)42-31(12)26(7)22(3)18-37(42)44/h15-19H,1-14H3. The van der Waals surface area contributed by atoms with Gasteiger partial charge in [0.25, 0.3) is 0 Å². The first-order chi connectivity index (χ1) is 21.1. The zero-order chi connectivity index (χ0) is 32.6. The molecule has 0 amide bonds. The highest BCUT2D eigenvalue weighted by molar-refractivity contribution is 6.00. The number of pyridine rings is 1. The van der Waals surface area contributed by atoms with Gasteiger partial charge in [0.15, 0.2) is 0 Å². The first-order valence-electron chi connectivity index (χ1n) is 16.6. The molecule has 1 nitrogen and oxygen atoms in total. The number of rotatable bonds is 1. The molecule has 0 saturated carbocycles. The average molecular weight is 590 g/mol. The lowest BCUT2D eigenvalue weighted by molar-refractivity contribution is 0.787. The number of nitrogens with zero attached hydrogens (tertiary/aromatic N) is 1. The molecule has 5 aromatic rings. The van der Waals surface area contributed by atoms with E-state index in [0.717, 1.165) is 11.4 Å². The van der Waals surface area contributed by atoms with Gasteiger partial charge in [-0.1, -0.05) is 18.2 Å². The number of hydrogen-bond acceptors (Lipinski definition) is 1. The number of aryl methyl sites for hydroxylation is 5. The number of benzene rings is 4. The maximum Gasteiger partial charge on any atom is 0.0737 e. The molecular weight excluding hydrogens is 542 g/mol. The van der Waals surface area contributed by atoms with Crippen molar-refractivity contribution < 1.29 is 0 Å². The third-order valence-electron chi connectivity index (χ3n) is 12.5. The lowest BCUT2D eigenvalue weighted by Crippen LogP contribution is -2.27. The van der Waals surface area contributed by atoms with E-state index in [1.807, 2.05) is 0 Å². The van der Waals surface area contributed by atoms with Gasteiger partial charge in [0, 0.05) is 11.3 Å². The zero-order valence-electron chi connectivity index (χ0n) is 29.8. The van der Waals surface area contributed by atoms with Crippen molar-refractivity contribution in [3.8, 4) is 33.5 Å². The summed E-state index contributed by atoms with van der Waals surface area (Å²) in [5, 5.41) is 0. The van der Waals surface area contributed by atoms with Crippen LogP contribution >= 0.6 is 0 Å². The maximum absolute atomic E-state index is 5.25. The van der Waals surface area contributed by atoms with Gasteiger partial charge in [0.2, 0.25) is 0 Å². The Kier molecular flexibility index (Phi) is 6.29. The Balaban J connectivity index is 1.75. The highest BCUT2D eigenvalue weighted by Gasteiger charge is 2.54. The van der Waals surface area contributed by atoms with Gasteiger partial charge >= 0.3 is 0 Å². The average Bonchev–Trinajstić information content (AvgIpc) is 3.45. The van der Waals surface area contributed by atoms with E-state index in [1.54, 1.807) is 0 Å². The summed E-state index contributed by atoms with van der Waals surface area (Å²) in [5.41, 5.74) is 32.4. The molecule has 1 heterocycles. The first kappa shape index (κ1) is 29.7. The fourth-order valence-electron chi connectivity index (χ4n) is 8.87. The van der Waals surface area contributed by atoms with Crippen molar-refractivity contribution in [2.45, 2.75) is 102 Å². The van der Waals surface area contributed by atoms with Gasteiger partial charge < -0.3 is 0 Å². The van der Waals surface area contributed by atoms with Crippen molar-refractivity contribution >= 4 is 0 Å². The lowest BCUT2D eigenvalue weighted by Gasteiger charge is -2.32. The van der Waals surface area contributed by atoms with Crippen LogP contribution in [0.1, 0.15) is 100 Å². The second kappa shape index (κ2) is 9.52. The zero-order valence-corrected chi connectivity index (χ0v) is 29.8. The van der Waals surface area contributed by atoms with Gasteiger partial charge in [-0.2, -0.15) is 0 Å². The summed E-state index contributed by atoms with van der Waals surface area (Å²) in [4.78, 5) is 5.25. The highest BCUT2D eigenvalue weighted by Crippen LogP contribution is 2.66. The van der Waals surface area contributed by atoms with Gasteiger partial charge in [-0.15, -0.1) is 0 Å². The Morgan fingerprint density at radius 1 is 0.356 bits per heavy atom. The molecule has 2 aliphatic rings. The molecule has 0 fully saturated rings. The van der Waals surface area contributed by atoms with Crippen molar-refractivity contribution in [2.24, 2.45) is 0 Å². The largest absolute Gasteiger partial charge is 0.253 e. The third kappa shape index (κ3) is 3.53. The number of fused-ring (bicyclic) bond motifs is 10. The Labute approximate surface area is 270 Å². The third-order valence-corrected chi connectivity index (χ3v) is 12.5. The monoisotopic (exact) mass is 589 g/mol. The maximum atomic E-state index is 5.25. The SMILES string of the molecule is Cc1cc2c(c(C)c1C)-c1c(C)cc(-c3nc(C)c(C)c(C)c3C)cc1C21c2cc(C)c(C)c(C)c2-c2c1cc(C)c(C)c2C. The molecule has 45 heavy (non-hydrogen) atoms. The van der Waals surface area contributed by atoms with E-state index in [-0.39, 0.29) is 0 Å². The molecule has 0 radical (unpaired) electrons. The van der Waals surface area contributed by atoms with Crippen LogP contribution in [0.4, 0.5) is 0 Å².